The van der Waals surface area contributed by atoms with Crippen LogP contribution in [0.4, 0.5) is 4.39 Å². The van der Waals surface area contributed by atoms with E-state index in [9.17, 15) is 4.39 Å². The molecule has 0 aliphatic heterocycles. The molecule has 244 valence electrons. The van der Waals surface area contributed by atoms with Crippen LogP contribution in [0.1, 0.15) is 61.8 Å². The molecule has 50 heavy (non-hydrogen) atoms. The third-order valence-corrected chi connectivity index (χ3v) is 10.2. The zero-order valence-corrected chi connectivity index (χ0v) is 28.7. The minimum absolute atomic E-state index is 0.223. The highest BCUT2D eigenvalue weighted by Gasteiger charge is 2.22. The number of hydrogen-bond acceptors (Lipinski definition) is 2. The highest BCUT2D eigenvalue weighted by Crippen LogP contribution is 2.40. The van der Waals surface area contributed by atoms with E-state index in [1.807, 2.05) is 30.6 Å². The molecule has 0 bridgehead atoms. The van der Waals surface area contributed by atoms with Crippen LogP contribution in [0.15, 0.2) is 128 Å². The molecule has 4 heterocycles. The summed E-state index contributed by atoms with van der Waals surface area (Å²) in [5.41, 5.74) is 12.8. The van der Waals surface area contributed by atoms with Crippen LogP contribution < -0.4 is 0 Å². The summed E-state index contributed by atoms with van der Waals surface area (Å²) in [5.74, 6) is 1.23. The number of nitrogens with zero attached hydrogens (tertiary/aromatic N) is 4. The Balaban J connectivity index is 1.12. The molecule has 0 amide bonds. The fraction of sp³-hybridized carbons (Fsp3) is 0.156. The largest absolute Gasteiger partial charge is 0.299 e. The maximum absolute atomic E-state index is 13.8. The molecule has 9 aromatic rings. The minimum Gasteiger partial charge on any atom is -0.299 e. The van der Waals surface area contributed by atoms with Gasteiger partial charge in [0.1, 0.15) is 17.3 Å². The summed E-state index contributed by atoms with van der Waals surface area (Å²) in [7, 11) is 0. The summed E-state index contributed by atoms with van der Waals surface area (Å²) in [6, 6.07) is 37.8. The zero-order valence-electron chi connectivity index (χ0n) is 28.7. The number of para-hydroxylation sites is 1. The molecular weight excluding hydrogens is 616 g/mol. The maximum Gasteiger partial charge on any atom is 0.145 e. The Morgan fingerprint density at radius 3 is 2.06 bits per heavy atom. The van der Waals surface area contributed by atoms with Gasteiger partial charge in [0.25, 0.3) is 0 Å². The maximum atomic E-state index is 13.8. The number of halogens is 1. The second kappa shape index (κ2) is 11.7. The average Bonchev–Trinajstić information content (AvgIpc) is 3.84. The Hall–Kier alpha value is -5.81. The smallest absolute Gasteiger partial charge is 0.145 e. The topological polar surface area (TPSA) is 35.1 Å². The van der Waals surface area contributed by atoms with Gasteiger partial charge < -0.3 is 0 Å². The molecular formula is C45H37FN4. The van der Waals surface area contributed by atoms with Gasteiger partial charge in [0.05, 0.1) is 16.7 Å². The molecule has 5 aromatic carbocycles. The monoisotopic (exact) mass is 652 g/mol. The molecule has 4 aromatic heterocycles. The van der Waals surface area contributed by atoms with Crippen molar-refractivity contribution in [3.05, 3.63) is 156 Å². The molecule has 0 aliphatic rings. The molecule has 0 aliphatic carbocycles. The van der Waals surface area contributed by atoms with Crippen molar-refractivity contribution in [2.75, 3.05) is 0 Å². The Morgan fingerprint density at radius 2 is 1.30 bits per heavy atom. The van der Waals surface area contributed by atoms with Gasteiger partial charge >= 0.3 is 0 Å². The third kappa shape index (κ3) is 4.79. The van der Waals surface area contributed by atoms with Crippen molar-refractivity contribution in [1.82, 2.24) is 18.9 Å². The van der Waals surface area contributed by atoms with Crippen LogP contribution in [0.3, 0.4) is 0 Å². The number of pyridine rings is 1. The average molecular weight is 653 g/mol. The molecule has 0 saturated carbocycles. The lowest BCUT2D eigenvalue weighted by Crippen LogP contribution is -2.09. The van der Waals surface area contributed by atoms with E-state index in [4.69, 9.17) is 9.97 Å². The van der Waals surface area contributed by atoms with Crippen LogP contribution in [0, 0.1) is 5.82 Å². The lowest BCUT2D eigenvalue weighted by molar-refractivity contribution is 0.628. The van der Waals surface area contributed by atoms with Gasteiger partial charge in [-0.3, -0.25) is 8.97 Å². The molecule has 0 N–H and O–H groups in total. The van der Waals surface area contributed by atoms with Gasteiger partial charge in [-0.25, -0.2) is 14.4 Å². The molecule has 0 fully saturated rings. The predicted molar refractivity (Wildman–Crippen MR) is 204 cm³/mol. The van der Waals surface area contributed by atoms with E-state index in [2.05, 4.69) is 122 Å². The second-order valence-corrected chi connectivity index (χ2v) is 14.1. The van der Waals surface area contributed by atoms with Crippen molar-refractivity contribution in [1.29, 1.82) is 0 Å². The van der Waals surface area contributed by atoms with Crippen LogP contribution >= 0.6 is 0 Å². The summed E-state index contributed by atoms with van der Waals surface area (Å²) in [5, 5.41) is 4.96. The Labute approximate surface area is 290 Å². The SMILES string of the molecule is CC(C)c1cc(-c2ccc(F)cc2)cc(C(C)C)c1-n1ccnc1-c1cccc(Cc2ccc3c4cccc5c6cccnc6n(c3c2)c45)c1. The van der Waals surface area contributed by atoms with Crippen LogP contribution in [0.5, 0.6) is 0 Å². The predicted octanol–water partition coefficient (Wildman–Crippen LogP) is 11.7. The van der Waals surface area contributed by atoms with E-state index < -0.39 is 0 Å². The van der Waals surface area contributed by atoms with Gasteiger partial charge in [-0.2, -0.15) is 0 Å². The first kappa shape index (κ1) is 30.3. The first-order valence-corrected chi connectivity index (χ1v) is 17.4. The lowest BCUT2D eigenvalue weighted by Gasteiger charge is -2.24. The molecule has 0 saturated heterocycles. The number of aromatic nitrogens is 4. The van der Waals surface area contributed by atoms with Gasteiger partial charge in [-0.15, -0.1) is 0 Å². The Morgan fingerprint density at radius 1 is 0.600 bits per heavy atom. The number of rotatable bonds is 7. The van der Waals surface area contributed by atoms with Gasteiger partial charge in [0.15, 0.2) is 0 Å². The van der Waals surface area contributed by atoms with Gasteiger partial charge in [0.2, 0.25) is 0 Å². The van der Waals surface area contributed by atoms with Crippen molar-refractivity contribution < 1.29 is 4.39 Å². The van der Waals surface area contributed by atoms with Crippen LogP contribution in [-0.2, 0) is 6.42 Å². The fourth-order valence-corrected chi connectivity index (χ4v) is 7.85. The van der Waals surface area contributed by atoms with E-state index >= 15 is 0 Å². The van der Waals surface area contributed by atoms with Gasteiger partial charge in [0, 0.05) is 45.7 Å². The summed E-state index contributed by atoms with van der Waals surface area (Å²) >= 11 is 0. The van der Waals surface area contributed by atoms with Crippen LogP contribution in [-0.4, -0.2) is 18.9 Å². The number of imidazole rings is 1. The second-order valence-electron chi connectivity index (χ2n) is 14.1. The summed E-state index contributed by atoms with van der Waals surface area (Å²) in [4.78, 5) is 9.73. The molecule has 0 atom stereocenters. The molecule has 5 heteroatoms. The van der Waals surface area contributed by atoms with E-state index in [0.717, 1.165) is 34.6 Å². The van der Waals surface area contributed by atoms with Crippen LogP contribution in [0.2, 0.25) is 0 Å². The van der Waals surface area contributed by atoms with Crippen molar-refractivity contribution in [3.63, 3.8) is 0 Å². The zero-order chi connectivity index (χ0) is 34.1. The summed E-state index contributed by atoms with van der Waals surface area (Å²) in [6.45, 7) is 8.95. The van der Waals surface area contributed by atoms with Crippen molar-refractivity contribution in [2.45, 2.75) is 46.0 Å². The van der Waals surface area contributed by atoms with Gasteiger partial charge in [-0.05, 0) is 100 Å². The van der Waals surface area contributed by atoms with Gasteiger partial charge in [-0.1, -0.05) is 88.4 Å². The van der Waals surface area contributed by atoms with E-state index in [-0.39, 0.29) is 17.7 Å². The van der Waals surface area contributed by atoms with E-state index in [1.54, 1.807) is 0 Å². The number of fused-ring (bicyclic) bond motifs is 6. The standard InChI is InChI=1S/C45H37FN4/c1-27(2)39-25-33(31-14-16-34(46)17-15-31)26-40(28(3)4)42(39)49-21-20-48-44(49)32-9-5-8-29(23-32)22-30-13-18-35-36-10-6-11-37-38-12-7-19-47-45(38)50(43(36)37)41(35)24-30/h5-21,23-28H,22H2,1-4H3. The molecule has 9 rings (SSSR count). The minimum atomic E-state index is -0.223. The third-order valence-electron chi connectivity index (χ3n) is 10.2. The molecule has 0 unspecified atom stereocenters. The Kier molecular flexibility index (Phi) is 7.06. The van der Waals surface area contributed by atoms with E-state index in [1.165, 1.54) is 72.7 Å². The summed E-state index contributed by atoms with van der Waals surface area (Å²) in [6.07, 6.45) is 6.67. The summed E-state index contributed by atoms with van der Waals surface area (Å²) < 4.78 is 18.4. The van der Waals surface area contributed by atoms with Crippen LogP contribution in [0.25, 0.3) is 66.4 Å². The first-order valence-electron chi connectivity index (χ1n) is 17.4. The molecule has 0 spiro atoms. The molecule has 0 radical (unpaired) electrons. The van der Waals surface area contributed by atoms with Crippen molar-refractivity contribution in [3.8, 4) is 28.2 Å². The normalized spacial score (nSPS) is 12.1. The van der Waals surface area contributed by atoms with Crippen molar-refractivity contribution in [2.24, 2.45) is 0 Å². The fourth-order valence-electron chi connectivity index (χ4n) is 7.85. The highest BCUT2D eigenvalue weighted by atomic mass is 19.1. The van der Waals surface area contributed by atoms with Crippen molar-refractivity contribution >= 4 is 38.2 Å². The Bertz CT molecular complexity index is 2670. The first-order chi connectivity index (χ1) is 24.4. The highest BCUT2D eigenvalue weighted by molar-refractivity contribution is 6.22. The number of hydrogen-bond donors (Lipinski definition) is 0. The number of benzene rings is 5. The molecule has 4 nitrogen and oxygen atoms in total. The lowest BCUT2D eigenvalue weighted by atomic mass is 9.88. The quantitative estimate of drug-likeness (QED) is 0.172. The van der Waals surface area contributed by atoms with E-state index in [0.29, 0.717) is 0 Å².